The lowest BCUT2D eigenvalue weighted by molar-refractivity contribution is 0.135. The van der Waals surface area contributed by atoms with Gasteiger partial charge in [-0.3, -0.25) is 0 Å². The third-order valence-corrected chi connectivity index (χ3v) is 2.95. The molecular weight excluding hydrogens is 246 g/mol. The number of hydrogen-bond acceptors (Lipinski definition) is 3. The highest BCUT2D eigenvalue weighted by atomic mass is 32.1. The normalized spacial score (nSPS) is 12.2. The van der Waals surface area contributed by atoms with Crippen molar-refractivity contribution in [1.29, 1.82) is 0 Å². The molecule has 0 saturated heterocycles. The molecule has 0 aliphatic rings. The fourth-order valence-electron chi connectivity index (χ4n) is 1.68. The Morgan fingerprint density at radius 2 is 2.00 bits per heavy atom. The van der Waals surface area contributed by atoms with Gasteiger partial charge in [-0.05, 0) is 17.9 Å². The number of rotatable bonds is 6. The maximum Gasteiger partial charge on any atom is 0.407 e. The van der Waals surface area contributed by atoms with Crippen LogP contribution in [0.2, 0.25) is 0 Å². The van der Waals surface area contributed by atoms with Crippen molar-refractivity contribution in [2.24, 2.45) is 5.92 Å². The van der Waals surface area contributed by atoms with Crippen LogP contribution in [0, 0.1) is 5.92 Å². The van der Waals surface area contributed by atoms with Crippen LogP contribution in [-0.4, -0.2) is 17.9 Å². The minimum atomic E-state index is -0.376. The van der Waals surface area contributed by atoms with E-state index < -0.39 is 0 Å². The van der Waals surface area contributed by atoms with Gasteiger partial charge in [-0.2, -0.15) is 12.6 Å². The van der Waals surface area contributed by atoms with Crippen LogP contribution in [0.15, 0.2) is 30.3 Å². The molecule has 0 aliphatic heterocycles. The van der Waals surface area contributed by atoms with Crippen LogP contribution in [0.25, 0.3) is 0 Å². The molecule has 0 unspecified atom stereocenters. The molecule has 0 heterocycles. The van der Waals surface area contributed by atoms with Crippen molar-refractivity contribution < 1.29 is 9.53 Å². The highest BCUT2D eigenvalue weighted by Gasteiger charge is 2.13. The van der Waals surface area contributed by atoms with E-state index in [4.69, 9.17) is 4.74 Å². The number of amides is 1. The maximum absolute atomic E-state index is 11.6. The van der Waals surface area contributed by atoms with Gasteiger partial charge in [-0.25, -0.2) is 4.79 Å². The molecule has 18 heavy (non-hydrogen) atoms. The number of ether oxygens (including phenoxy) is 1. The van der Waals surface area contributed by atoms with Crippen LogP contribution in [0.4, 0.5) is 4.79 Å². The zero-order chi connectivity index (χ0) is 13.4. The Hall–Kier alpha value is -1.16. The highest BCUT2D eigenvalue weighted by molar-refractivity contribution is 7.80. The Bertz CT molecular complexity index is 354. The Morgan fingerprint density at radius 3 is 2.56 bits per heavy atom. The molecule has 1 aromatic carbocycles. The standard InChI is InChI=1S/C14H21NO2S/c1-11(2)8-13(10-18)15-14(16)17-9-12-6-4-3-5-7-12/h3-7,11,13,18H,8-10H2,1-2H3,(H,15,16)/t13-/m1/s1. The largest absolute Gasteiger partial charge is 0.445 e. The molecule has 1 N–H and O–H groups in total. The van der Waals surface area contributed by atoms with Gasteiger partial charge in [0.05, 0.1) is 0 Å². The second-order valence-electron chi connectivity index (χ2n) is 4.72. The lowest BCUT2D eigenvalue weighted by Crippen LogP contribution is -2.37. The molecule has 4 heteroatoms. The van der Waals surface area contributed by atoms with Gasteiger partial charge in [0.25, 0.3) is 0 Å². The van der Waals surface area contributed by atoms with Gasteiger partial charge < -0.3 is 10.1 Å². The van der Waals surface area contributed by atoms with Crippen molar-refractivity contribution in [3.8, 4) is 0 Å². The van der Waals surface area contributed by atoms with E-state index in [0.717, 1.165) is 12.0 Å². The molecule has 1 atom stereocenters. The fraction of sp³-hybridized carbons (Fsp3) is 0.500. The van der Waals surface area contributed by atoms with Crippen LogP contribution < -0.4 is 5.32 Å². The molecule has 1 rings (SSSR count). The topological polar surface area (TPSA) is 38.3 Å². The summed E-state index contributed by atoms with van der Waals surface area (Å²) in [5.74, 6) is 1.15. The molecule has 0 bridgehead atoms. The number of carbonyl (C=O) groups excluding carboxylic acids is 1. The Labute approximate surface area is 114 Å². The summed E-state index contributed by atoms with van der Waals surface area (Å²) in [6.45, 7) is 4.54. The van der Waals surface area contributed by atoms with Gasteiger partial charge in [0.2, 0.25) is 0 Å². The lowest BCUT2D eigenvalue weighted by atomic mass is 10.1. The summed E-state index contributed by atoms with van der Waals surface area (Å²) in [5, 5.41) is 2.83. The summed E-state index contributed by atoms with van der Waals surface area (Å²) in [4.78, 5) is 11.6. The first-order chi connectivity index (χ1) is 8.61. The predicted octanol–water partition coefficient (Wildman–Crippen LogP) is 3.26. The first-order valence-electron chi connectivity index (χ1n) is 6.20. The van der Waals surface area contributed by atoms with Crippen molar-refractivity contribution in [3.63, 3.8) is 0 Å². The van der Waals surface area contributed by atoms with Crippen LogP contribution in [-0.2, 0) is 11.3 Å². The van der Waals surface area contributed by atoms with E-state index in [2.05, 4.69) is 31.8 Å². The molecule has 0 spiro atoms. The monoisotopic (exact) mass is 267 g/mol. The molecule has 0 saturated carbocycles. The van der Waals surface area contributed by atoms with Crippen LogP contribution in [0.1, 0.15) is 25.8 Å². The second-order valence-corrected chi connectivity index (χ2v) is 5.08. The van der Waals surface area contributed by atoms with Gasteiger partial charge in [0.15, 0.2) is 0 Å². The number of hydrogen-bond donors (Lipinski definition) is 2. The smallest absolute Gasteiger partial charge is 0.407 e. The molecule has 3 nitrogen and oxygen atoms in total. The fourth-order valence-corrected chi connectivity index (χ4v) is 1.92. The Balaban J connectivity index is 2.32. The lowest BCUT2D eigenvalue weighted by Gasteiger charge is -2.18. The van der Waals surface area contributed by atoms with Crippen LogP contribution in [0.3, 0.4) is 0 Å². The minimum Gasteiger partial charge on any atom is -0.445 e. The molecule has 0 aliphatic carbocycles. The summed E-state index contributed by atoms with van der Waals surface area (Å²) in [7, 11) is 0. The van der Waals surface area contributed by atoms with Crippen molar-refractivity contribution in [2.45, 2.75) is 32.9 Å². The number of carbonyl (C=O) groups is 1. The summed E-state index contributed by atoms with van der Waals surface area (Å²) in [6, 6.07) is 9.70. The molecule has 1 amide bonds. The van der Waals surface area contributed by atoms with Gasteiger partial charge in [0, 0.05) is 11.8 Å². The van der Waals surface area contributed by atoms with Crippen LogP contribution >= 0.6 is 12.6 Å². The summed E-state index contributed by atoms with van der Waals surface area (Å²) < 4.78 is 5.16. The van der Waals surface area contributed by atoms with E-state index in [1.165, 1.54) is 0 Å². The zero-order valence-electron chi connectivity index (χ0n) is 10.9. The summed E-state index contributed by atoms with van der Waals surface area (Å²) in [5.41, 5.74) is 0.985. The SMILES string of the molecule is CC(C)C[C@H](CS)NC(=O)OCc1ccccc1. The molecule has 0 aromatic heterocycles. The maximum atomic E-state index is 11.6. The number of nitrogens with one attached hydrogen (secondary N) is 1. The predicted molar refractivity (Wildman–Crippen MR) is 76.9 cm³/mol. The zero-order valence-corrected chi connectivity index (χ0v) is 11.8. The highest BCUT2D eigenvalue weighted by Crippen LogP contribution is 2.07. The van der Waals surface area contributed by atoms with Crippen molar-refractivity contribution >= 4 is 18.7 Å². The molecular formula is C14H21NO2S. The number of benzene rings is 1. The Kier molecular flexibility index (Phi) is 6.65. The second kappa shape index (κ2) is 8.03. The molecule has 0 fully saturated rings. The van der Waals surface area contributed by atoms with E-state index in [-0.39, 0.29) is 12.1 Å². The average molecular weight is 267 g/mol. The van der Waals surface area contributed by atoms with Gasteiger partial charge in [0.1, 0.15) is 6.61 Å². The van der Waals surface area contributed by atoms with Crippen molar-refractivity contribution in [3.05, 3.63) is 35.9 Å². The first kappa shape index (κ1) is 14.9. The van der Waals surface area contributed by atoms with E-state index in [1.54, 1.807) is 0 Å². The third kappa shape index (κ3) is 5.96. The van der Waals surface area contributed by atoms with E-state index in [0.29, 0.717) is 18.3 Å². The first-order valence-corrected chi connectivity index (χ1v) is 6.83. The average Bonchev–Trinajstić information content (AvgIpc) is 2.36. The molecule has 100 valence electrons. The quantitative estimate of drug-likeness (QED) is 0.776. The van der Waals surface area contributed by atoms with Crippen LogP contribution in [0.5, 0.6) is 0 Å². The summed E-state index contributed by atoms with van der Waals surface area (Å²) >= 11 is 4.23. The van der Waals surface area contributed by atoms with E-state index >= 15 is 0 Å². The third-order valence-electron chi connectivity index (χ3n) is 2.51. The van der Waals surface area contributed by atoms with E-state index in [1.807, 2.05) is 30.3 Å². The van der Waals surface area contributed by atoms with Gasteiger partial charge in [-0.1, -0.05) is 44.2 Å². The van der Waals surface area contributed by atoms with Gasteiger partial charge >= 0.3 is 6.09 Å². The van der Waals surface area contributed by atoms with Gasteiger partial charge in [-0.15, -0.1) is 0 Å². The summed E-state index contributed by atoms with van der Waals surface area (Å²) in [6.07, 6.45) is 0.530. The minimum absolute atomic E-state index is 0.0663. The van der Waals surface area contributed by atoms with E-state index in [9.17, 15) is 4.79 Å². The number of alkyl carbamates (subject to hydrolysis) is 1. The number of thiol groups is 1. The van der Waals surface area contributed by atoms with Crippen molar-refractivity contribution in [2.75, 3.05) is 5.75 Å². The molecule has 0 radical (unpaired) electrons. The Morgan fingerprint density at radius 1 is 1.33 bits per heavy atom. The molecule has 1 aromatic rings. The van der Waals surface area contributed by atoms with Crippen molar-refractivity contribution in [1.82, 2.24) is 5.32 Å².